The number of rotatable bonds is 7. The highest BCUT2D eigenvalue weighted by Gasteiger charge is 2.09. The van der Waals surface area contributed by atoms with Gasteiger partial charge in [0.25, 0.3) is 0 Å². The molecule has 0 saturated carbocycles. The van der Waals surface area contributed by atoms with Crippen molar-refractivity contribution < 1.29 is 4.74 Å². The van der Waals surface area contributed by atoms with Gasteiger partial charge in [-0.15, -0.1) is 0 Å². The predicted molar refractivity (Wildman–Crippen MR) is 69.1 cm³/mol. The van der Waals surface area contributed by atoms with Gasteiger partial charge in [-0.2, -0.15) is 9.64 Å². The number of nitrogens with one attached hydrogen (secondary N) is 1. The van der Waals surface area contributed by atoms with E-state index in [9.17, 15) is 0 Å². The number of nitrogen functional groups attached to an aromatic ring is 1. The van der Waals surface area contributed by atoms with E-state index in [0.29, 0.717) is 30.3 Å². The van der Waals surface area contributed by atoms with Gasteiger partial charge < -0.3 is 20.7 Å². The first kappa shape index (κ1) is 13.7. The maximum absolute atomic E-state index is 8.85. The number of hydrogen-bond donors (Lipinski definition) is 2. The molecule has 1 aromatic rings. The minimum Gasteiger partial charge on any atom is -0.382 e. The maximum atomic E-state index is 8.85. The van der Waals surface area contributed by atoms with E-state index < -0.39 is 0 Å². The van der Waals surface area contributed by atoms with Gasteiger partial charge in [-0.3, -0.25) is 0 Å². The highest BCUT2D eigenvalue weighted by molar-refractivity contribution is 7.10. The summed E-state index contributed by atoms with van der Waals surface area (Å²) in [6.45, 7) is 2.84. The second-order valence-corrected chi connectivity index (χ2v) is 4.50. The summed E-state index contributed by atoms with van der Waals surface area (Å²) in [4.78, 5) is 2.06. The Morgan fingerprint density at radius 3 is 2.94 bits per heavy atom. The first-order valence-electron chi connectivity index (χ1n) is 5.26. The largest absolute Gasteiger partial charge is 0.382 e. The van der Waals surface area contributed by atoms with Crippen LogP contribution in [-0.4, -0.2) is 49.7 Å². The Hall–Kier alpha value is -1.36. The van der Waals surface area contributed by atoms with Crippen molar-refractivity contribution in [2.24, 2.45) is 0 Å². The normalized spacial score (nSPS) is 10.5. The fraction of sp³-hybridized carbons (Fsp3) is 0.600. The molecule has 0 fully saturated rings. The second-order valence-electron chi connectivity index (χ2n) is 3.73. The van der Waals surface area contributed by atoms with Gasteiger partial charge in [0.2, 0.25) is 0 Å². The Morgan fingerprint density at radius 2 is 2.29 bits per heavy atom. The smallest absolute Gasteiger partial charge is 0.157 e. The first-order valence-corrected chi connectivity index (χ1v) is 6.04. The minimum atomic E-state index is 0.286. The summed E-state index contributed by atoms with van der Waals surface area (Å²) in [5.74, 6) is 0.286. The standard InChI is InChI=1S/C10H17N5OS/c1-15(2)4-6-16-5-3-13-10-8(7-11)9(12)14-17-10/h13H,3-6H2,1-2H3,(H2,12,14). The molecule has 1 heterocycles. The molecular formula is C10H17N5OS. The van der Waals surface area contributed by atoms with Crippen LogP contribution >= 0.6 is 11.5 Å². The zero-order valence-electron chi connectivity index (χ0n) is 10.1. The van der Waals surface area contributed by atoms with E-state index >= 15 is 0 Å². The van der Waals surface area contributed by atoms with Crippen LogP contribution in [0.2, 0.25) is 0 Å². The molecule has 0 saturated heterocycles. The molecule has 7 heteroatoms. The number of aromatic nitrogens is 1. The zero-order valence-corrected chi connectivity index (χ0v) is 10.9. The lowest BCUT2D eigenvalue weighted by molar-refractivity contribution is 0.126. The van der Waals surface area contributed by atoms with Crippen molar-refractivity contribution in [1.82, 2.24) is 9.27 Å². The summed E-state index contributed by atoms with van der Waals surface area (Å²) in [6.07, 6.45) is 0. The van der Waals surface area contributed by atoms with Crippen molar-refractivity contribution >= 4 is 22.4 Å². The lowest BCUT2D eigenvalue weighted by Crippen LogP contribution is -2.20. The number of likely N-dealkylation sites (N-methyl/N-ethyl adjacent to an activating group) is 1. The second kappa shape index (κ2) is 7.06. The molecule has 0 radical (unpaired) electrons. The minimum absolute atomic E-state index is 0.286. The van der Waals surface area contributed by atoms with Crippen LogP contribution in [-0.2, 0) is 4.74 Å². The molecule has 0 aliphatic rings. The van der Waals surface area contributed by atoms with Gasteiger partial charge in [-0.1, -0.05) is 0 Å². The zero-order chi connectivity index (χ0) is 12.7. The maximum Gasteiger partial charge on any atom is 0.157 e. The molecule has 0 spiro atoms. The van der Waals surface area contributed by atoms with E-state index in [1.807, 2.05) is 20.2 Å². The van der Waals surface area contributed by atoms with Gasteiger partial charge in [0.05, 0.1) is 13.2 Å². The van der Waals surface area contributed by atoms with Gasteiger partial charge in [-0.25, -0.2) is 0 Å². The number of ether oxygens (including phenoxy) is 1. The third kappa shape index (κ3) is 4.56. The Kier molecular flexibility index (Phi) is 5.69. The molecule has 1 aromatic heterocycles. The molecule has 1 rings (SSSR count). The van der Waals surface area contributed by atoms with Crippen LogP contribution in [0, 0.1) is 11.3 Å². The third-order valence-corrected chi connectivity index (χ3v) is 2.86. The van der Waals surface area contributed by atoms with Crippen LogP contribution in [0.5, 0.6) is 0 Å². The molecular weight excluding hydrogens is 238 g/mol. The molecule has 0 aliphatic carbocycles. The van der Waals surface area contributed by atoms with Crippen LogP contribution in [0.3, 0.4) is 0 Å². The van der Waals surface area contributed by atoms with E-state index in [0.717, 1.165) is 6.54 Å². The third-order valence-electron chi connectivity index (χ3n) is 2.05. The van der Waals surface area contributed by atoms with Crippen LogP contribution in [0.25, 0.3) is 0 Å². The van der Waals surface area contributed by atoms with E-state index in [-0.39, 0.29) is 5.82 Å². The molecule has 0 amide bonds. The molecule has 0 aromatic carbocycles. The lowest BCUT2D eigenvalue weighted by Gasteiger charge is -2.10. The van der Waals surface area contributed by atoms with Gasteiger partial charge in [0, 0.05) is 13.1 Å². The van der Waals surface area contributed by atoms with Crippen molar-refractivity contribution in [3.8, 4) is 6.07 Å². The fourth-order valence-electron chi connectivity index (χ4n) is 1.12. The molecule has 94 valence electrons. The Morgan fingerprint density at radius 1 is 1.53 bits per heavy atom. The molecule has 6 nitrogen and oxygen atoms in total. The number of anilines is 2. The summed E-state index contributed by atoms with van der Waals surface area (Å²) >= 11 is 1.20. The van der Waals surface area contributed by atoms with Gasteiger partial charge in [0.15, 0.2) is 5.82 Å². The SMILES string of the molecule is CN(C)CCOCCNc1snc(N)c1C#N. The molecule has 0 aliphatic heterocycles. The van der Waals surface area contributed by atoms with E-state index in [2.05, 4.69) is 14.6 Å². The van der Waals surface area contributed by atoms with E-state index in [1.54, 1.807) is 0 Å². The topological polar surface area (TPSA) is 87.2 Å². The summed E-state index contributed by atoms with van der Waals surface area (Å²) in [5, 5.41) is 12.6. The average Bonchev–Trinajstić information content (AvgIpc) is 2.63. The Labute approximate surface area is 105 Å². The van der Waals surface area contributed by atoms with Gasteiger partial charge in [-0.05, 0) is 25.6 Å². The number of hydrogen-bond acceptors (Lipinski definition) is 7. The summed E-state index contributed by atoms with van der Waals surface area (Å²) in [5.41, 5.74) is 5.96. The first-order chi connectivity index (χ1) is 8.15. The lowest BCUT2D eigenvalue weighted by atomic mass is 10.3. The average molecular weight is 255 g/mol. The summed E-state index contributed by atoms with van der Waals surface area (Å²) < 4.78 is 9.33. The fourth-order valence-corrected chi connectivity index (χ4v) is 1.81. The van der Waals surface area contributed by atoms with Crippen molar-refractivity contribution in [2.45, 2.75) is 0 Å². The molecule has 0 unspecified atom stereocenters. The van der Waals surface area contributed by atoms with E-state index in [4.69, 9.17) is 15.7 Å². The van der Waals surface area contributed by atoms with Crippen molar-refractivity contribution in [3.05, 3.63) is 5.56 Å². The number of nitrogens with zero attached hydrogens (tertiary/aromatic N) is 3. The monoisotopic (exact) mass is 255 g/mol. The van der Waals surface area contributed by atoms with Crippen molar-refractivity contribution in [1.29, 1.82) is 5.26 Å². The van der Waals surface area contributed by atoms with Crippen molar-refractivity contribution in [2.75, 3.05) is 51.4 Å². The van der Waals surface area contributed by atoms with Crippen LogP contribution in [0.4, 0.5) is 10.8 Å². The van der Waals surface area contributed by atoms with Crippen LogP contribution in [0.15, 0.2) is 0 Å². The number of nitriles is 1. The van der Waals surface area contributed by atoms with Gasteiger partial charge in [0.1, 0.15) is 16.6 Å². The number of nitrogens with two attached hydrogens (primary N) is 1. The summed E-state index contributed by atoms with van der Waals surface area (Å²) in [7, 11) is 4.00. The highest BCUT2D eigenvalue weighted by atomic mass is 32.1. The van der Waals surface area contributed by atoms with Crippen molar-refractivity contribution in [3.63, 3.8) is 0 Å². The molecule has 0 bridgehead atoms. The van der Waals surface area contributed by atoms with Gasteiger partial charge >= 0.3 is 0 Å². The predicted octanol–water partition coefficient (Wildman–Crippen LogP) is 0.587. The highest BCUT2D eigenvalue weighted by Crippen LogP contribution is 2.24. The molecule has 17 heavy (non-hydrogen) atoms. The Balaban J connectivity index is 2.21. The van der Waals surface area contributed by atoms with Crippen LogP contribution in [0.1, 0.15) is 5.56 Å². The molecule has 3 N–H and O–H groups in total. The quantitative estimate of drug-likeness (QED) is 0.693. The molecule has 0 atom stereocenters. The summed E-state index contributed by atoms with van der Waals surface area (Å²) in [6, 6.07) is 2.02. The van der Waals surface area contributed by atoms with E-state index in [1.165, 1.54) is 11.5 Å². The Bertz CT molecular complexity index is 385. The van der Waals surface area contributed by atoms with Crippen LogP contribution < -0.4 is 11.1 Å².